The highest BCUT2D eigenvalue weighted by Crippen LogP contribution is 2.28. The molecule has 1 aromatic heterocycles. The van der Waals surface area contributed by atoms with E-state index in [1.807, 2.05) is 6.07 Å². The molecule has 32 heavy (non-hydrogen) atoms. The molecule has 10 nitrogen and oxygen atoms in total. The summed E-state index contributed by atoms with van der Waals surface area (Å²) in [6.07, 6.45) is 3.99. The van der Waals surface area contributed by atoms with Gasteiger partial charge in [-0.2, -0.15) is 0 Å². The Labute approximate surface area is 188 Å². The zero-order valence-corrected chi connectivity index (χ0v) is 19.0. The lowest BCUT2D eigenvalue weighted by atomic mass is 9.98. The first-order chi connectivity index (χ1) is 15.2. The molecule has 0 spiro atoms. The fourth-order valence-corrected chi connectivity index (χ4v) is 4.12. The van der Waals surface area contributed by atoms with E-state index in [1.54, 1.807) is 38.1 Å². The first-order valence-electron chi connectivity index (χ1n) is 11.0. The van der Waals surface area contributed by atoms with E-state index in [2.05, 4.69) is 9.88 Å². The van der Waals surface area contributed by atoms with Crippen LogP contribution in [0.2, 0.25) is 0 Å². The molecule has 176 valence electrons. The minimum absolute atomic E-state index is 0.171. The molecule has 3 rings (SSSR count). The summed E-state index contributed by atoms with van der Waals surface area (Å²) in [5.74, 6) is -0.0837. The van der Waals surface area contributed by atoms with E-state index in [0.29, 0.717) is 32.0 Å². The number of amides is 2. The van der Waals surface area contributed by atoms with E-state index in [1.165, 1.54) is 4.90 Å². The van der Waals surface area contributed by atoms with Crippen LogP contribution in [-0.4, -0.2) is 89.3 Å². The minimum atomic E-state index is -1.14. The number of nitrogens with zero attached hydrogens (tertiary/aromatic N) is 4. The van der Waals surface area contributed by atoms with Gasteiger partial charge in [-0.05, 0) is 33.6 Å². The molecular weight excluding hydrogens is 416 g/mol. The van der Waals surface area contributed by atoms with Gasteiger partial charge in [0.15, 0.2) is 5.60 Å². The third-order valence-electron chi connectivity index (χ3n) is 5.83. The third kappa shape index (κ3) is 5.60. The molecule has 2 aliphatic rings. The van der Waals surface area contributed by atoms with Gasteiger partial charge in [0.2, 0.25) is 0 Å². The summed E-state index contributed by atoms with van der Waals surface area (Å²) in [5, 5.41) is 9.09. The van der Waals surface area contributed by atoms with Crippen LogP contribution >= 0.6 is 0 Å². The molecule has 0 aliphatic carbocycles. The van der Waals surface area contributed by atoms with Gasteiger partial charge in [0, 0.05) is 45.3 Å². The van der Waals surface area contributed by atoms with Crippen molar-refractivity contribution < 1.29 is 29.0 Å². The van der Waals surface area contributed by atoms with Gasteiger partial charge >= 0.3 is 12.1 Å². The fourth-order valence-electron chi connectivity index (χ4n) is 4.12. The molecule has 3 heterocycles. The van der Waals surface area contributed by atoms with Crippen molar-refractivity contribution in [3.05, 3.63) is 18.5 Å². The summed E-state index contributed by atoms with van der Waals surface area (Å²) in [7, 11) is 0. The van der Waals surface area contributed by atoms with E-state index < -0.39 is 11.7 Å². The Morgan fingerprint density at radius 1 is 1.12 bits per heavy atom. The van der Waals surface area contributed by atoms with Gasteiger partial charge in [-0.25, -0.2) is 4.79 Å². The number of ether oxygens (including phenoxy) is 2. The monoisotopic (exact) mass is 448 g/mol. The lowest BCUT2D eigenvalue weighted by Crippen LogP contribution is -2.56. The average molecular weight is 449 g/mol. The molecule has 1 atom stereocenters. The van der Waals surface area contributed by atoms with Crippen molar-refractivity contribution in [2.45, 2.75) is 39.2 Å². The second kappa shape index (κ2) is 10.1. The summed E-state index contributed by atoms with van der Waals surface area (Å²) in [5.41, 5.74) is -0.309. The number of pyridine rings is 1. The van der Waals surface area contributed by atoms with Crippen molar-refractivity contribution in [2.24, 2.45) is 5.92 Å². The van der Waals surface area contributed by atoms with Gasteiger partial charge in [-0.1, -0.05) is 0 Å². The quantitative estimate of drug-likeness (QED) is 0.656. The first-order valence-corrected chi connectivity index (χ1v) is 11.0. The number of hydrogen-bond acceptors (Lipinski definition) is 7. The molecule has 1 aromatic rings. The first kappa shape index (κ1) is 23.6. The van der Waals surface area contributed by atoms with Crippen LogP contribution in [0.3, 0.4) is 0 Å². The average Bonchev–Trinajstić information content (AvgIpc) is 2.78. The highest BCUT2D eigenvalue weighted by atomic mass is 16.5. The molecule has 0 saturated carbocycles. The van der Waals surface area contributed by atoms with Crippen molar-refractivity contribution >= 4 is 23.7 Å². The van der Waals surface area contributed by atoms with Crippen LogP contribution in [0.4, 0.5) is 10.5 Å². The molecule has 2 amide bonds. The van der Waals surface area contributed by atoms with E-state index in [-0.39, 0.29) is 30.9 Å². The maximum absolute atomic E-state index is 13.0. The number of aromatic nitrogens is 1. The summed E-state index contributed by atoms with van der Waals surface area (Å²) in [4.78, 5) is 45.5. The van der Waals surface area contributed by atoms with Crippen molar-refractivity contribution in [3.63, 3.8) is 0 Å². The van der Waals surface area contributed by atoms with Crippen molar-refractivity contribution in [2.75, 3.05) is 50.8 Å². The molecular formula is C22H32N4O6. The van der Waals surface area contributed by atoms with Gasteiger partial charge in [0.25, 0.3) is 5.91 Å². The maximum atomic E-state index is 13.0. The Kier molecular flexibility index (Phi) is 7.42. The Morgan fingerprint density at radius 3 is 2.47 bits per heavy atom. The molecule has 0 aromatic carbocycles. The van der Waals surface area contributed by atoms with Crippen molar-refractivity contribution in [3.8, 4) is 5.75 Å². The number of esters is 1. The maximum Gasteiger partial charge on any atom is 0.407 e. The number of rotatable bonds is 6. The number of piperazine rings is 1. The summed E-state index contributed by atoms with van der Waals surface area (Å²) in [6, 6.07) is 1.83. The molecule has 2 fully saturated rings. The third-order valence-corrected chi connectivity index (χ3v) is 5.83. The summed E-state index contributed by atoms with van der Waals surface area (Å²) in [6.45, 7) is 8.16. The minimum Gasteiger partial charge on any atom is -0.476 e. The van der Waals surface area contributed by atoms with E-state index in [4.69, 9.17) is 14.6 Å². The van der Waals surface area contributed by atoms with Gasteiger partial charge in [-0.15, -0.1) is 0 Å². The molecule has 0 bridgehead atoms. The number of carboxylic acid groups (broad SMARTS) is 1. The topological polar surface area (TPSA) is 113 Å². The van der Waals surface area contributed by atoms with Crippen LogP contribution < -0.4 is 9.64 Å². The van der Waals surface area contributed by atoms with Crippen LogP contribution in [0.5, 0.6) is 5.75 Å². The normalized spacial score (nSPS) is 19.5. The second-order valence-corrected chi connectivity index (χ2v) is 8.59. The van der Waals surface area contributed by atoms with Crippen LogP contribution in [-0.2, 0) is 14.3 Å². The zero-order chi connectivity index (χ0) is 23.3. The van der Waals surface area contributed by atoms with Gasteiger partial charge in [-0.3, -0.25) is 14.6 Å². The predicted molar refractivity (Wildman–Crippen MR) is 117 cm³/mol. The highest BCUT2D eigenvalue weighted by molar-refractivity contribution is 5.85. The standard InChI is InChI=1S/C22H32N4O6/c1-4-31-19(27)16-6-5-7-26(15-16)17-12-18(14-23-13-17)32-22(2,3)20(28)24-8-10-25(11-9-24)21(29)30/h12-14,16H,4-11,15H2,1-3H3,(H,29,30)/t16-/m1/s1. The molecule has 2 saturated heterocycles. The number of carbonyl (C=O) groups is 3. The highest BCUT2D eigenvalue weighted by Gasteiger charge is 2.36. The van der Waals surface area contributed by atoms with Gasteiger partial charge in [0.1, 0.15) is 5.75 Å². The van der Waals surface area contributed by atoms with Crippen LogP contribution in [0.1, 0.15) is 33.6 Å². The molecule has 0 radical (unpaired) electrons. The number of piperidine rings is 1. The summed E-state index contributed by atoms with van der Waals surface area (Å²) >= 11 is 0. The lowest BCUT2D eigenvalue weighted by Gasteiger charge is -2.37. The predicted octanol–water partition coefficient (Wildman–Crippen LogP) is 1.84. The van der Waals surface area contributed by atoms with E-state index in [9.17, 15) is 14.4 Å². The van der Waals surface area contributed by atoms with Crippen LogP contribution in [0.25, 0.3) is 0 Å². The Hall–Kier alpha value is -3.04. The number of hydrogen-bond donors (Lipinski definition) is 1. The molecule has 10 heteroatoms. The Morgan fingerprint density at radius 2 is 1.81 bits per heavy atom. The largest absolute Gasteiger partial charge is 0.476 e. The van der Waals surface area contributed by atoms with Crippen LogP contribution in [0.15, 0.2) is 18.5 Å². The number of carbonyl (C=O) groups excluding carboxylic acids is 2. The smallest absolute Gasteiger partial charge is 0.407 e. The van der Waals surface area contributed by atoms with Gasteiger partial charge in [0.05, 0.1) is 30.6 Å². The Balaban J connectivity index is 1.64. The zero-order valence-electron chi connectivity index (χ0n) is 19.0. The lowest BCUT2D eigenvalue weighted by molar-refractivity contribution is -0.148. The van der Waals surface area contributed by atoms with Crippen LogP contribution in [0, 0.1) is 5.92 Å². The van der Waals surface area contributed by atoms with Gasteiger partial charge < -0.3 is 29.3 Å². The van der Waals surface area contributed by atoms with E-state index >= 15 is 0 Å². The SMILES string of the molecule is CCOC(=O)[C@@H]1CCCN(c2cncc(OC(C)(C)C(=O)N3CCN(C(=O)O)CC3)c2)C1. The molecule has 0 unspecified atom stereocenters. The Bertz CT molecular complexity index is 837. The number of anilines is 1. The second-order valence-electron chi connectivity index (χ2n) is 8.59. The molecule has 2 aliphatic heterocycles. The van der Waals surface area contributed by atoms with Crippen molar-refractivity contribution in [1.29, 1.82) is 0 Å². The van der Waals surface area contributed by atoms with Crippen molar-refractivity contribution in [1.82, 2.24) is 14.8 Å². The van der Waals surface area contributed by atoms with E-state index in [0.717, 1.165) is 25.1 Å². The molecule has 1 N–H and O–H groups in total. The fraction of sp³-hybridized carbons (Fsp3) is 0.636. The summed E-state index contributed by atoms with van der Waals surface area (Å²) < 4.78 is 11.2.